The molecule has 5 heteroatoms. The van der Waals surface area contributed by atoms with Crippen molar-refractivity contribution >= 4 is 43.7 Å². The molecule has 0 aliphatic carbocycles. The zero-order chi connectivity index (χ0) is 34.6. The highest BCUT2D eigenvalue weighted by atomic mass is 16.3. The highest BCUT2D eigenvalue weighted by molar-refractivity contribution is 6.24. The van der Waals surface area contributed by atoms with Gasteiger partial charge < -0.3 is 8.98 Å². The highest BCUT2D eigenvalue weighted by Crippen LogP contribution is 2.42. The third kappa shape index (κ3) is 4.78. The molecule has 0 aliphatic heterocycles. The van der Waals surface area contributed by atoms with Crippen LogP contribution in [0.3, 0.4) is 0 Å². The first-order valence-corrected chi connectivity index (χ1v) is 17.2. The number of rotatable bonds is 5. The molecular weight excluding hydrogens is 637 g/mol. The summed E-state index contributed by atoms with van der Waals surface area (Å²) in [4.78, 5) is 10.4. The molecule has 7 aromatic carbocycles. The molecule has 0 bridgehead atoms. The van der Waals surface area contributed by atoms with Gasteiger partial charge >= 0.3 is 0 Å². The van der Waals surface area contributed by atoms with Crippen LogP contribution in [-0.4, -0.2) is 14.5 Å². The van der Waals surface area contributed by atoms with Crippen LogP contribution < -0.4 is 0 Å². The van der Waals surface area contributed by atoms with Gasteiger partial charge in [0.1, 0.15) is 11.2 Å². The Morgan fingerprint density at radius 3 is 1.88 bits per heavy atom. The van der Waals surface area contributed by atoms with Gasteiger partial charge in [-0.1, -0.05) is 115 Å². The van der Waals surface area contributed by atoms with Gasteiger partial charge in [0.15, 0.2) is 5.82 Å². The van der Waals surface area contributed by atoms with Crippen LogP contribution in [0.5, 0.6) is 0 Å². The van der Waals surface area contributed by atoms with Gasteiger partial charge in [0.05, 0.1) is 39.4 Å². The first-order chi connectivity index (χ1) is 25.7. The number of nitriles is 1. The van der Waals surface area contributed by atoms with E-state index >= 15 is 0 Å². The number of hydrogen-bond donors (Lipinski definition) is 0. The summed E-state index contributed by atoms with van der Waals surface area (Å²) in [6, 6.07) is 60.1. The summed E-state index contributed by atoms with van der Waals surface area (Å²) in [5.41, 5.74) is 11.6. The molecule has 3 aromatic heterocycles. The molecule has 0 saturated carbocycles. The van der Waals surface area contributed by atoms with Crippen molar-refractivity contribution in [2.24, 2.45) is 0 Å². The third-order valence-electron chi connectivity index (χ3n) is 9.83. The van der Waals surface area contributed by atoms with Gasteiger partial charge in [0, 0.05) is 38.5 Å². The van der Waals surface area contributed by atoms with E-state index in [4.69, 9.17) is 14.4 Å². The molecule has 0 unspecified atom stereocenters. The lowest BCUT2D eigenvalue weighted by Gasteiger charge is -2.15. The molecule has 52 heavy (non-hydrogen) atoms. The quantitative estimate of drug-likeness (QED) is 0.184. The summed E-state index contributed by atoms with van der Waals surface area (Å²) < 4.78 is 8.73. The predicted octanol–water partition coefficient (Wildman–Crippen LogP) is 12.0. The van der Waals surface area contributed by atoms with E-state index in [0.717, 1.165) is 88.6 Å². The fourth-order valence-corrected chi connectivity index (χ4v) is 7.48. The van der Waals surface area contributed by atoms with Crippen LogP contribution in [0.1, 0.15) is 5.56 Å². The number of furan rings is 1. The molecule has 0 radical (unpaired) electrons. The Kier molecular flexibility index (Phi) is 6.80. The molecule has 0 fully saturated rings. The van der Waals surface area contributed by atoms with Crippen molar-refractivity contribution in [1.29, 1.82) is 5.26 Å². The molecule has 0 N–H and O–H groups in total. The van der Waals surface area contributed by atoms with E-state index in [0.29, 0.717) is 11.4 Å². The maximum absolute atomic E-state index is 10.2. The summed E-state index contributed by atoms with van der Waals surface area (Å²) in [7, 11) is 0. The maximum atomic E-state index is 10.2. The third-order valence-corrected chi connectivity index (χ3v) is 9.83. The van der Waals surface area contributed by atoms with E-state index < -0.39 is 0 Å². The number of hydrogen-bond acceptors (Lipinski definition) is 4. The van der Waals surface area contributed by atoms with Crippen molar-refractivity contribution in [2.45, 2.75) is 0 Å². The topological polar surface area (TPSA) is 67.6 Å². The number of benzene rings is 7. The highest BCUT2D eigenvalue weighted by Gasteiger charge is 2.21. The second-order valence-corrected chi connectivity index (χ2v) is 12.9. The first kappa shape index (κ1) is 29.6. The van der Waals surface area contributed by atoms with Crippen LogP contribution >= 0.6 is 0 Å². The second kappa shape index (κ2) is 11.9. The van der Waals surface area contributed by atoms with Crippen molar-refractivity contribution in [3.8, 4) is 56.8 Å². The van der Waals surface area contributed by atoms with Gasteiger partial charge in [0.2, 0.25) is 0 Å². The molecule has 0 atom stereocenters. The Bertz CT molecular complexity index is 2970. The van der Waals surface area contributed by atoms with Gasteiger partial charge in [-0.15, -0.1) is 0 Å². The summed E-state index contributed by atoms with van der Waals surface area (Å²) in [5, 5.41) is 14.6. The Labute approximate surface area is 299 Å². The number of aromatic nitrogens is 3. The minimum atomic E-state index is 0.595. The molecule has 0 saturated heterocycles. The zero-order valence-corrected chi connectivity index (χ0v) is 27.9. The van der Waals surface area contributed by atoms with E-state index in [9.17, 15) is 5.26 Å². The predicted molar refractivity (Wildman–Crippen MR) is 210 cm³/mol. The van der Waals surface area contributed by atoms with Gasteiger partial charge in [-0.3, -0.25) is 0 Å². The van der Waals surface area contributed by atoms with Crippen molar-refractivity contribution in [1.82, 2.24) is 14.5 Å². The fraction of sp³-hybridized carbons (Fsp3) is 0. The lowest BCUT2D eigenvalue weighted by molar-refractivity contribution is 0.669. The largest absolute Gasteiger partial charge is 0.456 e. The van der Waals surface area contributed by atoms with E-state index in [1.807, 2.05) is 72.8 Å². The maximum Gasteiger partial charge on any atom is 0.160 e. The van der Waals surface area contributed by atoms with Gasteiger partial charge in [-0.05, 0) is 65.7 Å². The van der Waals surface area contributed by atoms with Crippen LogP contribution in [0.4, 0.5) is 0 Å². The van der Waals surface area contributed by atoms with Gasteiger partial charge in [-0.25, -0.2) is 9.97 Å². The average molecular weight is 665 g/mol. The van der Waals surface area contributed by atoms with Crippen molar-refractivity contribution in [3.05, 3.63) is 175 Å². The van der Waals surface area contributed by atoms with Crippen LogP contribution in [0.2, 0.25) is 0 Å². The molecule has 10 rings (SSSR count). The van der Waals surface area contributed by atoms with Crippen molar-refractivity contribution in [3.63, 3.8) is 0 Å². The van der Waals surface area contributed by atoms with E-state index in [2.05, 4.69) is 108 Å². The molecule has 3 heterocycles. The Balaban J connectivity index is 1.32. The average Bonchev–Trinajstić information content (AvgIpc) is 3.77. The monoisotopic (exact) mass is 664 g/mol. The standard InChI is InChI=1S/C47H28N4O/c48-29-32-17-7-8-18-36(32)33-25-34(47-49-40(30-13-3-1-4-14-30)28-41(50-47)31-15-5-2-6-16-31)27-35(26-33)51-42-21-11-9-19-37(42)38-23-24-44-45(46(38)51)39-20-10-12-22-43(39)52-44/h1-28H. The van der Waals surface area contributed by atoms with Crippen LogP contribution in [0.15, 0.2) is 174 Å². The molecule has 242 valence electrons. The number of para-hydroxylation sites is 2. The molecule has 0 spiro atoms. The van der Waals surface area contributed by atoms with Crippen LogP contribution in [0, 0.1) is 11.3 Å². The van der Waals surface area contributed by atoms with E-state index in [-0.39, 0.29) is 0 Å². The van der Waals surface area contributed by atoms with E-state index in [1.54, 1.807) is 0 Å². The zero-order valence-electron chi connectivity index (χ0n) is 27.9. The molecule has 0 aliphatic rings. The summed E-state index contributed by atoms with van der Waals surface area (Å²) in [5.74, 6) is 0.595. The molecule has 10 aromatic rings. The Hall–Kier alpha value is -7.29. The Morgan fingerprint density at radius 1 is 0.500 bits per heavy atom. The fourth-order valence-electron chi connectivity index (χ4n) is 7.48. The van der Waals surface area contributed by atoms with Crippen molar-refractivity contribution in [2.75, 3.05) is 0 Å². The van der Waals surface area contributed by atoms with E-state index in [1.165, 1.54) is 0 Å². The normalized spacial score (nSPS) is 11.4. The number of nitrogens with zero attached hydrogens (tertiary/aromatic N) is 4. The minimum Gasteiger partial charge on any atom is -0.456 e. The smallest absolute Gasteiger partial charge is 0.160 e. The molecule has 5 nitrogen and oxygen atoms in total. The van der Waals surface area contributed by atoms with Gasteiger partial charge in [0.25, 0.3) is 0 Å². The van der Waals surface area contributed by atoms with Crippen molar-refractivity contribution < 1.29 is 4.42 Å². The lowest BCUT2D eigenvalue weighted by Crippen LogP contribution is -2.00. The lowest BCUT2D eigenvalue weighted by atomic mass is 9.97. The Morgan fingerprint density at radius 2 is 1.13 bits per heavy atom. The second-order valence-electron chi connectivity index (χ2n) is 12.9. The minimum absolute atomic E-state index is 0.595. The van der Waals surface area contributed by atoms with Crippen LogP contribution in [-0.2, 0) is 0 Å². The SMILES string of the molecule is N#Cc1ccccc1-c1cc(-c2nc(-c3ccccc3)cc(-c3ccccc3)n2)cc(-n2c3ccccc3c3ccc4oc5ccccc5c4c32)c1. The molecular formula is C47H28N4O. The van der Waals surface area contributed by atoms with Crippen LogP contribution in [0.25, 0.3) is 94.5 Å². The van der Waals surface area contributed by atoms with Gasteiger partial charge in [-0.2, -0.15) is 5.26 Å². The first-order valence-electron chi connectivity index (χ1n) is 17.2. The summed E-state index contributed by atoms with van der Waals surface area (Å²) in [6.07, 6.45) is 0. The summed E-state index contributed by atoms with van der Waals surface area (Å²) in [6.45, 7) is 0. The summed E-state index contributed by atoms with van der Waals surface area (Å²) >= 11 is 0. The number of fused-ring (bicyclic) bond motifs is 7. The molecule has 0 amide bonds.